The van der Waals surface area contributed by atoms with Crippen LogP contribution in [-0.2, 0) is 39.6 Å². The van der Waals surface area contributed by atoms with Crippen LogP contribution >= 0.6 is 0 Å². The number of rotatable bonds is 9. The predicted octanol–water partition coefficient (Wildman–Crippen LogP) is 5.62. The maximum Gasteiger partial charge on any atom is 0.306 e. The minimum Gasteiger partial charge on any atom is -0.466 e. The lowest BCUT2D eigenvalue weighted by Crippen LogP contribution is -2.39. The molecular formula is C32H38N4O4S. The maximum atomic E-state index is 13.7. The molecule has 3 aromatic carbocycles. The van der Waals surface area contributed by atoms with Gasteiger partial charge >= 0.3 is 5.97 Å². The first-order valence-corrected chi connectivity index (χ1v) is 15.8. The smallest absolute Gasteiger partial charge is 0.306 e. The van der Waals surface area contributed by atoms with Crippen LogP contribution in [0.5, 0.6) is 0 Å². The first kappa shape index (κ1) is 29.0. The number of hydrogen-bond acceptors (Lipinski definition) is 6. The van der Waals surface area contributed by atoms with E-state index in [9.17, 15) is 13.2 Å². The van der Waals surface area contributed by atoms with Crippen LogP contribution in [0, 0.1) is 6.92 Å². The molecule has 41 heavy (non-hydrogen) atoms. The number of nitrogens with zero attached hydrogens (tertiary/aromatic N) is 4. The van der Waals surface area contributed by atoms with E-state index in [-0.39, 0.29) is 30.8 Å². The topological polar surface area (TPSA) is 94.4 Å². The van der Waals surface area contributed by atoms with Gasteiger partial charge in [-0.05, 0) is 78.1 Å². The van der Waals surface area contributed by atoms with Gasteiger partial charge in [0.05, 0.1) is 23.4 Å². The molecule has 0 amide bonds. The molecule has 1 aliphatic heterocycles. The molecular weight excluding hydrogens is 536 g/mol. The van der Waals surface area contributed by atoms with Crippen molar-refractivity contribution >= 4 is 27.0 Å². The predicted molar refractivity (Wildman–Crippen MR) is 159 cm³/mol. The molecule has 2 heterocycles. The van der Waals surface area contributed by atoms with Gasteiger partial charge in [-0.15, -0.1) is 5.10 Å². The molecule has 2 unspecified atom stereocenters. The molecule has 0 radical (unpaired) electrons. The van der Waals surface area contributed by atoms with E-state index in [4.69, 9.17) is 4.74 Å². The van der Waals surface area contributed by atoms with Gasteiger partial charge in [-0.25, -0.2) is 13.1 Å². The van der Waals surface area contributed by atoms with E-state index < -0.39 is 10.0 Å². The summed E-state index contributed by atoms with van der Waals surface area (Å²) in [5, 5.41) is 8.58. The molecule has 5 rings (SSSR count). The number of hydrogen-bond donors (Lipinski definition) is 0. The highest BCUT2D eigenvalue weighted by Crippen LogP contribution is 2.38. The van der Waals surface area contributed by atoms with Crippen molar-refractivity contribution < 1.29 is 17.9 Å². The van der Waals surface area contributed by atoms with Gasteiger partial charge in [-0.2, -0.15) is 4.31 Å². The Labute approximate surface area is 242 Å². The third-order valence-electron chi connectivity index (χ3n) is 8.28. The highest BCUT2D eigenvalue weighted by atomic mass is 32.2. The lowest BCUT2D eigenvalue weighted by Gasteiger charge is -2.34. The molecule has 0 bridgehead atoms. The van der Waals surface area contributed by atoms with Crippen LogP contribution in [0.1, 0.15) is 78.8 Å². The van der Waals surface area contributed by atoms with Crippen LogP contribution in [0.25, 0.3) is 11.0 Å². The molecule has 4 aromatic rings. The Bertz CT molecular complexity index is 1700. The second-order valence-corrected chi connectivity index (χ2v) is 12.7. The monoisotopic (exact) mass is 574 g/mol. The minimum atomic E-state index is -3.64. The number of esters is 1. The van der Waals surface area contributed by atoms with Crippen molar-refractivity contribution in [3.63, 3.8) is 0 Å². The van der Waals surface area contributed by atoms with Crippen molar-refractivity contribution in [2.45, 2.75) is 70.2 Å². The number of ether oxygens (including phenoxy) is 1. The summed E-state index contributed by atoms with van der Waals surface area (Å²) >= 11 is 0. The SMILES string of the molecule is CCOC(=O)CC(c1ccc(C)c(CN2CC(CC)c3ccccc3S2(=O)=O)c1)c1cc(CC)c2c(c1)nnn2C. The Morgan fingerprint density at radius 3 is 2.54 bits per heavy atom. The van der Waals surface area contributed by atoms with Crippen LogP contribution in [0.2, 0.25) is 0 Å². The highest BCUT2D eigenvalue weighted by molar-refractivity contribution is 7.89. The molecule has 9 heteroatoms. The van der Waals surface area contributed by atoms with Crippen molar-refractivity contribution in [3.05, 3.63) is 88.0 Å². The molecule has 2 atom stereocenters. The summed E-state index contributed by atoms with van der Waals surface area (Å²) in [6.45, 7) is 9.01. The first-order valence-electron chi connectivity index (χ1n) is 14.3. The molecule has 0 fully saturated rings. The fourth-order valence-electron chi connectivity index (χ4n) is 6.00. The van der Waals surface area contributed by atoms with Crippen molar-refractivity contribution in [2.75, 3.05) is 13.2 Å². The van der Waals surface area contributed by atoms with Gasteiger partial charge in [0, 0.05) is 26.1 Å². The van der Waals surface area contributed by atoms with E-state index in [1.54, 1.807) is 28.0 Å². The molecule has 0 N–H and O–H groups in total. The van der Waals surface area contributed by atoms with Gasteiger partial charge in [0.2, 0.25) is 10.0 Å². The van der Waals surface area contributed by atoms with Crippen LogP contribution in [0.4, 0.5) is 0 Å². The van der Waals surface area contributed by atoms with Crippen LogP contribution < -0.4 is 0 Å². The summed E-state index contributed by atoms with van der Waals surface area (Å²) in [4.78, 5) is 13.2. The van der Waals surface area contributed by atoms with E-state index in [2.05, 4.69) is 36.3 Å². The zero-order valence-corrected chi connectivity index (χ0v) is 25.2. The van der Waals surface area contributed by atoms with Gasteiger partial charge in [0.25, 0.3) is 0 Å². The van der Waals surface area contributed by atoms with Gasteiger partial charge in [0.15, 0.2) is 0 Å². The zero-order valence-electron chi connectivity index (χ0n) is 24.4. The van der Waals surface area contributed by atoms with Crippen molar-refractivity contribution in [2.24, 2.45) is 7.05 Å². The fraction of sp³-hybridized carbons (Fsp3) is 0.406. The van der Waals surface area contributed by atoms with Gasteiger partial charge < -0.3 is 4.74 Å². The molecule has 216 valence electrons. The highest BCUT2D eigenvalue weighted by Gasteiger charge is 2.36. The van der Waals surface area contributed by atoms with Crippen molar-refractivity contribution in [3.8, 4) is 0 Å². The van der Waals surface area contributed by atoms with Crippen LogP contribution in [-0.4, -0.2) is 46.8 Å². The summed E-state index contributed by atoms with van der Waals surface area (Å²) in [5.41, 5.74) is 7.60. The van der Waals surface area contributed by atoms with E-state index in [0.29, 0.717) is 18.0 Å². The summed E-state index contributed by atoms with van der Waals surface area (Å²) in [7, 11) is -1.76. The minimum absolute atomic E-state index is 0.140. The number of sulfonamides is 1. The lowest BCUT2D eigenvalue weighted by molar-refractivity contribution is -0.143. The number of carbonyl (C=O) groups excluding carboxylic acids is 1. The van der Waals surface area contributed by atoms with Gasteiger partial charge in [-0.1, -0.05) is 61.5 Å². The quantitative estimate of drug-likeness (QED) is 0.241. The second kappa shape index (κ2) is 11.7. The summed E-state index contributed by atoms with van der Waals surface area (Å²) in [6.07, 6.45) is 1.82. The zero-order chi connectivity index (χ0) is 29.3. The fourth-order valence-corrected chi connectivity index (χ4v) is 7.74. The number of benzene rings is 3. The molecule has 0 saturated heterocycles. The number of aromatic nitrogens is 3. The second-order valence-electron chi connectivity index (χ2n) is 10.8. The molecule has 1 aromatic heterocycles. The number of fused-ring (bicyclic) bond motifs is 2. The summed E-state index contributed by atoms with van der Waals surface area (Å²) in [5.74, 6) is -0.425. The Balaban J connectivity index is 1.56. The normalized spacial score (nSPS) is 17.3. The number of carbonyl (C=O) groups is 1. The molecule has 8 nitrogen and oxygen atoms in total. The van der Waals surface area contributed by atoms with E-state index in [1.165, 1.54) is 0 Å². The first-order chi connectivity index (χ1) is 19.7. The van der Waals surface area contributed by atoms with Crippen molar-refractivity contribution in [1.82, 2.24) is 19.3 Å². The van der Waals surface area contributed by atoms with Gasteiger partial charge in [-0.3, -0.25) is 4.79 Å². The largest absolute Gasteiger partial charge is 0.466 e. The van der Waals surface area contributed by atoms with Gasteiger partial charge in [0.1, 0.15) is 5.52 Å². The maximum absolute atomic E-state index is 13.7. The number of aryl methyl sites for hydroxylation is 3. The Morgan fingerprint density at radius 1 is 1.05 bits per heavy atom. The average Bonchev–Trinajstić information content (AvgIpc) is 3.34. The molecule has 0 aliphatic carbocycles. The average molecular weight is 575 g/mol. The Hall–Kier alpha value is -3.56. The van der Waals surface area contributed by atoms with Crippen molar-refractivity contribution in [1.29, 1.82) is 0 Å². The van der Waals surface area contributed by atoms with Crippen LogP contribution in [0.3, 0.4) is 0 Å². The molecule has 1 aliphatic rings. The van der Waals surface area contributed by atoms with E-state index in [0.717, 1.165) is 57.3 Å². The molecule has 0 saturated carbocycles. The Kier molecular flexibility index (Phi) is 8.29. The third-order valence-corrected chi connectivity index (χ3v) is 10.2. The summed E-state index contributed by atoms with van der Waals surface area (Å²) < 4.78 is 36.1. The van der Waals surface area contributed by atoms with Crippen LogP contribution in [0.15, 0.2) is 59.5 Å². The summed E-state index contributed by atoms with van der Waals surface area (Å²) in [6, 6.07) is 17.6. The molecule has 0 spiro atoms. The standard InChI is InChI=1S/C32H38N4O4S/c1-6-22-15-25(17-29-32(22)35(5)34-33-29)28(18-31(37)40-8-3)24-14-13-21(4)26(16-24)20-36-19-23(7-2)27-11-9-10-12-30(27)41(36,38)39/h9-17,23,28H,6-8,18-20H2,1-5H3. The Morgan fingerprint density at radius 2 is 1.80 bits per heavy atom. The lowest BCUT2D eigenvalue weighted by atomic mass is 9.85. The van der Waals surface area contributed by atoms with E-state index >= 15 is 0 Å². The van der Waals surface area contributed by atoms with E-state index in [1.807, 2.05) is 44.3 Å². The third kappa shape index (κ3) is 5.53.